The molecule has 0 aliphatic rings. The zero-order chi connectivity index (χ0) is 14.3. The number of unbranched alkanes of at least 4 members (excludes halogenated alkanes) is 2. The molecule has 0 unspecified atom stereocenters. The number of methoxy groups -OCH3 is 1. The van der Waals surface area contributed by atoms with Crippen molar-refractivity contribution in [3.05, 3.63) is 28.8 Å². The lowest BCUT2D eigenvalue weighted by atomic mass is 10.1. The van der Waals surface area contributed by atoms with E-state index in [2.05, 4.69) is 32.2 Å². The Bertz CT molecular complexity index is 385. The highest BCUT2D eigenvalue weighted by Crippen LogP contribution is 2.25. The molecule has 0 fully saturated rings. The van der Waals surface area contributed by atoms with E-state index in [4.69, 9.17) is 16.3 Å². The van der Waals surface area contributed by atoms with Gasteiger partial charge in [-0.2, -0.15) is 0 Å². The van der Waals surface area contributed by atoms with Crippen LogP contribution in [0.1, 0.15) is 45.6 Å². The number of hydrogen-bond donors (Lipinski definition) is 1. The van der Waals surface area contributed by atoms with Crippen LogP contribution in [0.2, 0.25) is 5.02 Å². The maximum Gasteiger partial charge on any atom is 0.137 e. The maximum atomic E-state index is 6.11. The zero-order valence-electron chi connectivity index (χ0n) is 12.6. The summed E-state index contributed by atoms with van der Waals surface area (Å²) in [6, 6.07) is 6.05. The number of aryl methyl sites for hydroxylation is 1. The molecule has 0 bridgehead atoms. The molecule has 0 aromatic heterocycles. The predicted octanol–water partition coefficient (Wildman–Crippen LogP) is 4.45. The van der Waals surface area contributed by atoms with E-state index in [0.29, 0.717) is 5.02 Å². The van der Waals surface area contributed by atoms with Crippen LogP contribution >= 0.6 is 11.6 Å². The van der Waals surface area contributed by atoms with E-state index >= 15 is 0 Å². The van der Waals surface area contributed by atoms with Crippen molar-refractivity contribution in [2.75, 3.05) is 13.7 Å². The first-order valence-corrected chi connectivity index (χ1v) is 7.37. The third-order valence-electron chi connectivity index (χ3n) is 3.01. The van der Waals surface area contributed by atoms with Gasteiger partial charge in [-0.25, -0.2) is 0 Å². The molecular weight excluding hydrogens is 258 g/mol. The van der Waals surface area contributed by atoms with Crippen LogP contribution in [0.25, 0.3) is 0 Å². The number of ether oxygens (including phenoxy) is 1. The fraction of sp³-hybridized carbons (Fsp3) is 0.625. The van der Waals surface area contributed by atoms with Gasteiger partial charge in [-0.3, -0.25) is 0 Å². The molecule has 0 heterocycles. The molecule has 0 aliphatic heterocycles. The first kappa shape index (κ1) is 16.3. The topological polar surface area (TPSA) is 21.3 Å². The minimum Gasteiger partial charge on any atom is -0.495 e. The molecule has 0 radical (unpaired) electrons. The lowest BCUT2D eigenvalue weighted by molar-refractivity contribution is 0.414. The van der Waals surface area contributed by atoms with E-state index in [1.165, 1.54) is 24.8 Å². The Morgan fingerprint density at radius 1 is 1.16 bits per heavy atom. The molecule has 1 aromatic carbocycles. The van der Waals surface area contributed by atoms with E-state index in [-0.39, 0.29) is 5.54 Å². The second-order valence-electron chi connectivity index (χ2n) is 5.96. The molecule has 0 spiro atoms. The Kier molecular flexibility index (Phi) is 6.67. The summed E-state index contributed by atoms with van der Waals surface area (Å²) in [6.07, 6.45) is 4.75. The van der Waals surface area contributed by atoms with Crippen molar-refractivity contribution in [1.29, 1.82) is 0 Å². The lowest BCUT2D eigenvalue weighted by Crippen LogP contribution is -2.36. The van der Waals surface area contributed by atoms with Gasteiger partial charge in [0.2, 0.25) is 0 Å². The van der Waals surface area contributed by atoms with Crippen LogP contribution < -0.4 is 10.1 Å². The number of hydrogen-bond acceptors (Lipinski definition) is 2. The standard InChI is InChI=1S/C16H26ClNO/c1-16(2,3)18-11-7-5-6-8-13-9-10-15(19-4)14(17)12-13/h9-10,12,18H,5-8,11H2,1-4H3. The highest BCUT2D eigenvalue weighted by molar-refractivity contribution is 6.32. The molecule has 19 heavy (non-hydrogen) atoms. The molecule has 0 saturated carbocycles. The molecule has 0 aliphatic carbocycles. The summed E-state index contributed by atoms with van der Waals surface area (Å²) in [7, 11) is 1.64. The van der Waals surface area contributed by atoms with Crippen LogP contribution in [-0.2, 0) is 6.42 Å². The van der Waals surface area contributed by atoms with Crippen molar-refractivity contribution in [2.45, 2.75) is 52.0 Å². The average molecular weight is 284 g/mol. The summed E-state index contributed by atoms with van der Waals surface area (Å²) in [6.45, 7) is 7.69. The lowest BCUT2D eigenvalue weighted by Gasteiger charge is -2.20. The summed E-state index contributed by atoms with van der Waals surface area (Å²) in [5.74, 6) is 0.750. The van der Waals surface area contributed by atoms with Crippen LogP contribution in [0, 0.1) is 0 Å². The average Bonchev–Trinajstić information content (AvgIpc) is 2.32. The smallest absolute Gasteiger partial charge is 0.137 e. The third-order valence-corrected chi connectivity index (χ3v) is 3.31. The summed E-state index contributed by atoms with van der Waals surface area (Å²) in [5, 5.41) is 4.21. The molecule has 1 rings (SSSR count). The maximum absolute atomic E-state index is 6.11. The van der Waals surface area contributed by atoms with Gasteiger partial charge < -0.3 is 10.1 Å². The normalized spacial score (nSPS) is 11.6. The van der Waals surface area contributed by atoms with E-state index < -0.39 is 0 Å². The zero-order valence-corrected chi connectivity index (χ0v) is 13.3. The highest BCUT2D eigenvalue weighted by Gasteiger charge is 2.07. The van der Waals surface area contributed by atoms with Crippen molar-refractivity contribution in [3.63, 3.8) is 0 Å². The predicted molar refractivity (Wildman–Crippen MR) is 83.3 cm³/mol. The minimum absolute atomic E-state index is 0.226. The van der Waals surface area contributed by atoms with Crippen molar-refractivity contribution in [1.82, 2.24) is 5.32 Å². The highest BCUT2D eigenvalue weighted by atomic mass is 35.5. The van der Waals surface area contributed by atoms with Crippen LogP contribution in [0.15, 0.2) is 18.2 Å². The Morgan fingerprint density at radius 3 is 2.47 bits per heavy atom. The van der Waals surface area contributed by atoms with Gasteiger partial charge in [-0.1, -0.05) is 24.1 Å². The van der Waals surface area contributed by atoms with E-state index in [0.717, 1.165) is 18.7 Å². The molecule has 1 aromatic rings. The molecule has 0 saturated heterocycles. The SMILES string of the molecule is COc1ccc(CCCCCNC(C)(C)C)cc1Cl. The van der Waals surface area contributed by atoms with Gasteiger partial charge in [0, 0.05) is 5.54 Å². The number of rotatable bonds is 7. The first-order chi connectivity index (χ1) is 8.92. The summed E-state index contributed by atoms with van der Waals surface area (Å²) < 4.78 is 5.15. The van der Waals surface area contributed by atoms with Gasteiger partial charge in [0.15, 0.2) is 0 Å². The Morgan fingerprint density at radius 2 is 1.89 bits per heavy atom. The van der Waals surface area contributed by atoms with Crippen molar-refractivity contribution >= 4 is 11.6 Å². The second-order valence-corrected chi connectivity index (χ2v) is 6.36. The van der Waals surface area contributed by atoms with Gasteiger partial charge in [-0.05, 0) is 64.3 Å². The molecule has 2 nitrogen and oxygen atoms in total. The summed E-state index contributed by atoms with van der Waals surface area (Å²) in [5.41, 5.74) is 1.51. The number of halogens is 1. The van der Waals surface area contributed by atoms with Gasteiger partial charge in [0.1, 0.15) is 5.75 Å². The first-order valence-electron chi connectivity index (χ1n) is 7.00. The molecule has 0 amide bonds. The third kappa shape index (κ3) is 6.84. The summed E-state index contributed by atoms with van der Waals surface area (Å²) >= 11 is 6.11. The Balaban J connectivity index is 2.21. The minimum atomic E-state index is 0.226. The van der Waals surface area contributed by atoms with E-state index in [1.54, 1.807) is 7.11 Å². The monoisotopic (exact) mass is 283 g/mol. The van der Waals surface area contributed by atoms with Crippen molar-refractivity contribution in [3.8, 4) is 5.75 Å². The fourth-order valence-corrected chi connectivity index (χ4v) is 2.24. The molecule has 1 N–H and O–H groups in total. The summed E-state index contributed by atoms with van der Waals surface area (Å²) in [4.78, 5) is 0. The van der Waals surface area contributed by atoms with Gasteiger partial charge in [0.05, 0.1) is 12.1 Å². The Labute approximate surface area is 122 Å². The quantitative estimate of drug-likeness (QED) is 0.747. The van der Waals surface area contributed by atoms with E-state index in [9.17, 15) is 0 Å². The van der Waals surface area contributed by atoms with Crippen LogP contribution in [0.5, 0.6) is 5.75 Å². The van der Waals surface area contributed by atoms with Crippen LogP contribution in [0.4, 0.5) is 0 Å². The van der Waals surface area contributed by atoms with E-state index in [1.807, 2.05) is 12.1 Å². The van der Waals surface area contributed by atoms with Crippen LogP contribution in [0.3, 0.4) is 0 Å². The van der Waals surface area contributed by atoms with Crippen molar-refractivity contribution in [2.24, 2.45) is 0 Å². The number of benzene rings is 1. The van der Waals surface area contributed by atoms with Gasteiger partial charge >= 0.3 is 0 Å². The van der Waals surface area contributed by atoms with Gasteiger partial charge in [-0.15, -0.1) is 0 Å². The van der Waals surface area contributed by atoms with Gasteiger partial charge in [0.25, 0.3) is 0 Å². The fourth-order valence-electron chi connectivity index (χ4n) is 1.96. The molecule has 108 valence electrons. The molecular formula is C16H26ClNO. The van der Waals surface area contributed by atoms with Crippen LogP contribution in [-0.4, -0.2) is 19.2 Å². The second kappa shape index (κ2) is 7.76. The largest absolute Gasteiger partial charge is 0.495 e. The molecule has 3 heteroatoms. The Hall–Kier alpha value is -0.730. The van der Waals surface area contributed by atoms with Crippen molar-refractivity contribution < 1.29 is 4.74 Å². The number of nitrogens with one attached hydrogen (secondary N) is 1. The molecule has 0 atom stereocenters.